The Labute approximate surface area is 168 Å². The standard InChI is InChI=1S/C21H16F3NO5/c22-21(23,24)19-17(13-4-2-1-3-5-13)18(26)15-7-6-14(12-16(15)30-19)29-20(27)25-8-10-28-11-9-25/h1-7,12H,8-11H2. The number of benzene rings is 2. The van der Waals surface area contributed by atoms with Gasteiger partial charge in [-0.2, -0.15) is 13.2 Å². The van der Waals surface area contributed by atoms with E-state index in [0.29, 0.717) is 26.3 Å². The van der Waals surface area contributed by atoms with Gasteiger partial charge < -0.3 is 18.8 Å². The highest BCUT2D eigenvalue weighted by molar-refractivity contribution is 5.84. The van der Waals surface area contributed by atoms with Gasteiger partial charge >= 0.3 is 12.3 Å². The number of alkyl halides is 3. The molecular weight excluding hydrogens is 403 g/mol. The summed E-state index contributed by atoms with van der Waals surface area (Å²) in [7, 11) is 0. The molecule has 3 aromatic rings. The quantitative estimate of drug-likeness (QED) is 0.619. The second-order valence-corrected chi connectivity index (χ2v) is 6.62. The van der Waals surface area contributed by atoms with E-state index in [1.54, 1.807) is 6.07 Å². The molecular formula is C21H16F3NO5. The summed E-state index contributed by atoms with van der Waals surface area (Å²) >= 11 is 0. The van der Waals surface area contributed by atoms with E-state index in [0.717, 1.165) is 6.07 Å². The molecule has 1 aliphatic rings. The fourth-order valence-corrected chi connectivity index (χ4v) is 3.21. The van der Waals surface area contributed by atoms with E-state index in [2.05, 4.69) is 0 Å². The van der Waals surface area contributed by atoms with E-state index in [1.807, 2.05) is 0 Å². The van der Waals surface area contributed by atoms with Crippen molar-refractivity contribution in [2.45, 2.75) is 6.18 Å². The number of rotatable bonds is 2. The van der Waals surface area contributed by atoms with E-state index < -0.39 is 29.0 Å². The van der Waals surface area contributed by atoms with Crippen LogP contribution in [-0.4, -0.2) is 37.3 Å². The Bertz CT molecular complexity index is 1140. The largest absolute Gasteiger partial charge is 0.450 e. The molecule has 1 aliphatic heterocycles. The van der Waals surface area contributed by atoms with Crippen LogP contribution in [0.4, 0.5) is 18.0 Å². The first kappa shape index (κ1) is 20.0. The van der Waals surface area contributed by atoms with Crippen molar-refractivity contribution in [3.05, 3.63) is 64.5 Å². The van der Waals surface area contributed by atoms with Crippen LogP contribution in [0.25, 0.3) is 22.1 Å². The van der Waals surface area contributed by atoms with Gasteiger partial charge in [-0.25, -0.2) is 4.79 Å². The zero-order chi connectivity index (χ0) is 21.3. The van der Waals surface area contributed by atoms with E-state index in [1.165, 1.54) is 41.3 Å². The van der Waals surface area contributed by atoms with Gasteiger partial charge in [-0.1, -0.05) is 30.3 Å². The number of hydrogen-bond acceptors (Lipinski definition) is 5. The fourth-order valence-electron chi connectivity index (χ4n) is 3.21. The van der Waals surface area contributed by atoms with Crippen molar-refractivity contribution in [3.8, 4) is 16.9 Å². The Hall–Kier alpha value is -3.33. The van der Waals surface area contributed by atoms with E-state index >= 15 is 0 Å². The van der Waals surface area contributed by atoms with E-state index in [9.17, 15) is 22.8 Å². The van der Waals surface area contributed by atoms with Crippen molar-refractivity contribution < 1.29 is 31.9 Å². The van der Waals surface area contributed by atoms with Crippen molar-refractivity contribution in [2.24, 2.45) is 0 Å². The van der Waals surface area contributed by atoms with Gasteiger partial charge in [0.25, 0.3) is 0 Å². The number of amides is 1. The topological polar surface area (TPSA) is 69.0 Å². The van der Waals surface area contributed by atoms with Crippen LogP contribution in [0.1, 0.15) is 5.76 Å². The van der Waals surface area contributed by atoms with Crippen molar-refractivity contribution in [1.29, 1.82) is 0 Å². The molecule has 2 heterocycles. The van der Waals surface area contributed by atoms with Crippen LogP contribution in [-0.2, 0) is 10.9 Å². The molecule has 0 saturated carbocycles. The molecule has 2 aromatic carbocycles. The third-order valence-corrected chi connectivity index (χ3v) is 4.66. The van der Waals surface area contributed by atoms with Crippen molar-refractivity contribution in [2.75, 3.05) is 26.3 Å². The Morgan fingerprint density at radius 3 is 2.40 bits per heavy atom. The lowest BCUT2D eigenvalue weighted by Crippen LogP contribution is -2.42. The molecule has 156 valence electrons. The molecule has 30 heavy (non-hydrogen) atoms. The normalized spacial score (nSPS) is 14.7. The maximum atomic E-state index is 13.7. The summed E-state index contributed by atoms with van der Waals surface area (Å²) < 4.78 is 56.5. The number of hydrogen-bond donors (Lipinski definition) is 0. The second-order valence-electron chi connectivity index (χ2n) is 6.62. The highest BCUT2D eigenvalue weighted by Crippen LogP contribution is 2.37. The minimum Gasteiger partial charge on any atom is -0.450 e. The summed E-state index contributed by atoms with van der Waals surface area (Å²) in [5, 5.41) is -0.0481. The molecule has 0 N–H and O–H groups in total. The Morgan fingerprint density at radius 2 is 1.73 bits per heavy atom. The van der Waals surface area contributed by atoms with Gasteiger partial charge in [0.05, 0.1) is 24.2 Å². The number of fused-ring (bicyclic) bond motifs is 1. The molecule has 0 bridgehead atoms. The number of carbonyl (C=O) groups excluding carboxylic acids is 1. The summed E-state index contributed by atoms with van der Waals surface area (Å²) in [5.41, 5.74) is -1.60. The molecule has 1 fully saturated rings. The van der Waals surface area contributed by atoms with Gasteiger partial charge in [0.15, 0.2) is 0 Å². The molecule has 0 radical (unpaired) electrons. The molecule has 0 unspecified atom stereocenters. The van der Waals surface area contributed by atoms with Crippen molar-refractivity contribution in [3.63, 3.8) is 0 Å². The van der Waals surface area contributed by atoms with Crippen LogP contribution in [0.15, 0.2) is 57.7 Å². The summed E-state index contributed by atoms with van der Waals surface area (Å²) in [4.78, 5) is 26.5. The SMILES string of the molecule is O=C(Oc1ccc2c(=O)c(-c3ccccc3)c(C(F)(F)F)oc2c1)N1CCOCC1. The van der Waals surface area contributed by atoms with Gasteiger partial charge in [0, 0.05) is 19.2 Å². The highest BCUT2D eigenvalue weighted by Gasteiger charge is 2.39. The third-order valence-electron chi connectivity index (χ3n) is 4.66. The maximum absolute atomic E-state index is 13.7. The minimum absolute atomic E-state index is 0.0253. The Kier molecular flexibility index (Phi) is 5.21. The van der Waals surface area contributed by atoms with Crippen LogP contribution in [0, 0.1) is 0 Å². The first-order valence-electron chi connectivity index (χ1n) is 9.12. The average Bonchev–Trinajstić information content (AvgIpc) is 2.74. The molecule has 6 nitrogen and oxygen atoms in total. The predicted octanol–water partition coefficient (Wildman–Crippen LogP) is 4.31. The van der Waals surface area contributed by atoms with Crippen LogP contribution in [0.3, 0.4) is 0 Å². The Morgan fingerprint density at radius 1 is 1.03 bits per heavy atom. The predicted molar refractivity (Wildman–Crippen MR) is 101 cm³/mol. The maximum Gasteiger partial charge on any atom is 0.450 e. The summed E-state index contributed by atoms with van der Waals surface area (Å²) in [6.07, 6.45) is -5.55. The zero-order valence-electron chi connectivity index (χ0n) is 15.6. The number of halogens is 3. The summed E-state index contributed by atoms with van der Waals surface area (Å²) in [6.45, 7) is 1.44. The van der Waals surface area contributed by atoms with E-state index in [-0.39, 0.29) is 22.3 Å². The minimum atomic E-state index is -4.89. The molecule has 1 amide bonds. The monoisotopic (exact) mass is 419 g/mol. The summed E-state index contributed by atoms with van der Waals surface area (Å²) in [5.74, 6) is -1.43. The van der Waals surface area contributed by atoms with Crippen LogP contribution in [0.5, 0.6) is 5.75 Å². The lowest BCUT2D eigenvalue weighted by Gasteiger charge is -2.25. The summed E-state index contributed by atoms with van der Waals surface area (Å²) in [6, 6.07) is 11.3. The molecule has 9 heteroatoms. The highest BCUT2D eigenvalue weighted by atomic mass is 19.4. The average molecular weight is 419 g/mol. The Balaban J connectivity index is 1.77. The lowest BCUT2D eigenvalue weighted by molar-refractivity contribution is -0.152. The first-order chi connectivity index (χ1) is 14.3. The van der Waals surface area contributed by atoms with Gasteiger partial charge in [-0.05, 0) is 17.7 Å². The van der Waals surface area contributed by atoms with Crippen LogP contribution >= 0.6 is 0 Å². The van der Waals surface area contributed by atoms with Gasteiger partial charge in [-0.3, -0.25) is 4.79 Å². The van der Waals surface area contributed by atoms with Crippen LogP contribution < -0.4 is 10.2 Å². The number of morpholine rings is 1. The fraction of sp³-hybridized carbons (Fsp3) is 0.238. The number of nitrogens with zero attached hydrogens (tertiary/aromatic N) is 1. The third kappa shape index (κ3) is 3.88. The van der Waals surface area contributed by atoms with Gasteiger partial charge in [0.2, 0.25) is 11.2 Å². The number of carbonyl (C=O) groups is 1. The molecule has 0 aliphatic carbocycles. The van der Waals surface area contributed by atoms with E-state index in [4.69, 9.17) is 13.9 Å². The molecule has 1 saturated heterocycles. The zero-order valence-corrected chi connectivity index (χ0v) is 15.6. The second kappa shape index (κ2) is 7.83. The molecule has 0 atom stereocenters. The van der Waals surface area contributed by atoms with Crippen LogP contribution in [0.2, 0.25) is 0 Å². The van der Waals surface area contributed by atoms with Crippen molar-refractivity contribution in [1.82, 2.24) is 4.90 Å². The smallest absolute Gasteiger partial charge is 0.450 e. The molecule has 0 spiro atoms. The molecule has 1 aromatic heterocycles. The lowest BCUT2D eigenvalue weighted by atomic mass is 10.0. The first-order valence-corrected chi connectivity index (χ1v) is 9.12. The number of ether oxygens (including phenoxy) is 2. The molecule has 4 rings (SSSR count). The van der Waals surface area contributed by atoms with Gasteiger partial charge in [-0.15, -0.1) is 0 Å². The van der Waals surface area contributed by atoms with Gasteiger partial charge in [0.1, 0.15) is 11.3 Å². The van der Waals surface area contributed by atoms with Crippen molar-refractivity contribution >= 4 is 17.1 Å².